The largest absolute Gasteiger partial charge is 0.459 e. The van der Waals surface area contributed by atoms with Crippen molar-refractivity contribution < 1.29 is 48.6 Å². The minimum Gasteiger partial charge on any atom is -0.459 e. The third-order valence-electron chi connectivity index (χ3n) is 14.2. The fraction of sp³-hybridized carbons (Fsp3) is 0.586. The van der Waals surface area contributed by atoms with E-state index in [-0.39, 0.29) is 77.0 Å². The number of aliphatic hydroxyl groups is 3. The van der Waals surface area contributed by atoms with Gasteiger partial charge in [-0.1, -0.05) is 137 Å². The molecule has 1 amide bonds. The number of unbranched alkanes of at least 4 members (excludes halogenated alkanes) is 11. The molecular weight excluding hydrogens is 885 g/mol. The normalized spacial score (nSPS) is 21.8. The summed E-state index contributed by atoms with van der Waals surface area (Å²) >= 11 is 0. The van der Waals surface area contributed by atoms with E-state index in [1.807, 2.05) is 49.4 Å². The van der Waals surface area contributed by atoms with E-state index in [1.165, 1.54) is 44.9 Å². The number of ether oxygens (including phenoxy) is 5. The first-order valence-electron chi connectivity index (χ1n) is 26.6. The molecule has 0 aromatic heterocycles. The van der Waals surface area contributed by atoms with Crippen molar-refractivity contribution in [3.8, 4) is 28.4 Å². The number of rotatable bonds is 33. The van der Waals surface area contributed by atoms with Crippen molar-refractivity contribution in [2.75, 3.05) is 59.4 Å². The summed E-state index contributed by atoms with van der Waals surface area (Å²) in [5.41, 5.74) is 4.85. The van der Waals surface area contributed by atoms with Gasteiger partial charge in [0.25, 0.3) is 0 Å². The van der Waals surface area contributed by atoms with E-state index in [1.54, 1.807) is 11.0 Å². The molecule has 6 rings (SSSR count). The van der Waals surface area contributed by atoms with Gasteiger partial charge in [-0.15, -0.1) is 6.58 Å². The molecule has 70 heavy (non-hydrogen) atoms. The average molecular weight is 967 g/mol. The molecule has 1 heterocycles. The standard InChI is InChI=1S/C58H82N2O10/c1-4-7-8-9-10-11-12-13-14-22-38-66-57(64)60(33-39-65-40-36-63)54-43-52(59-68-6-3)50-41-46(25-18-20-34-61)49(26-19-21-35-62)55-51-42-48(31-32-53(51)70-58(54,56(50)55)67-37-5-2)69-47-29-27-45(28-30-47)44-23-16-15-17-24-44/h5,15-17,23-24,27-32,41-42,46,49,54-56,61-63H,2,4,6-14,18-22,25-26,33-40,43H2,1,3H3/t46-,49+,54-,55+,56+,58+/m0/s1. The summed E-state index contributed by atoms with van der Waals surface area (Å²) < 4.78 is 33.2. The summed E-state index contributed by atoms with van der Waals surface area (Å²) in [6.07, 6.45) is 20.1. The highest BCUT2D eigenvalue weighted by Crippen LogP contribution is 2.62. The van der Waals surface area contributed by atoms with Crippen LogP contribution in [0.3, 0.4) is 0 Å². The molecule has 0 unspecified atom stereocenters. The average Bonchev–Trinajstić information content (AvgIpc) is 3.38. The molecule has 1 aliphatic heterocycles. The predicted octanol–water partition coefficient (Wildman–Crippen LogP) is 12.2. The van der Waals surface area contributed by atoms with E-state index >= 15 is 0 Å². The number of aliphatic hydroxyl groups excluding tert-OH is 3. The highest BCUT2D eigenvalue weighted by atomic mass is 16.7. The van der Waals surface area contributed by atoms with E-state index in [0.29, 0.717) is 42.4 Å². The number of allylic oxidation sites excluding steroid dienone is 1. The zero-order valence-electron chi connectivity index (χ0n) is 42.2. The molecule has 0 bridgehead atoms. The van der Waals surface area contributed by atoms with Gasteiger partial charge in [0.15, 0.2) is 0 Å². The molecule has 3 aromatic rings. The van der Waals surface area contributed by atoms with Crippen molar-refractivity contribution in [2.24, 2.45) is 22.9 Å². The van der Waals surface area contributed by atoms with Gasteiger partial charge in [0.05, 0.1) is 44.7 Å². The molecular formula is C58H82N2O10. The van der Waals surface area contributed by atoms with Crippen molar-refractivity contribution in [3.63, 3.8) is 0 Å². The zero-order valence-corrected chi connectivity index (χ0v) is 42.2. The van der Waals surface area contributed by atoms with Crippen molar-refractivity contribution in [2.45, 2.75) is 141 Å². The lowest BCUT2D eigenvalue weighted by molar-refractivity contribution is -0.256. The number of hydrogen-bond acceptors (Lipinski definition) is 11. The van der Waals surface area contributed by atoms with Gasteiger partial charge in [-0.2, -0.15) is 0 Å². The number of fused-ring (bicyclic) bond motifs is 2. The number of carbonyl (C=O) groups is 1. The van der Waals surface area contributed by atoms with Crippen LogP contribution in [0.4, 0.5) is 4.79 Å². The van der Waals surface area contributed by atoms with Crippen LogP contribution in [0.15, 0.2) is 102 Å². The van der Waals surface area contributed by atoms with Crippen molar-refractivity contribution in [1.82, 2.24) is 4.90 Å². The molecule has 0 radical (unpaired) electrons. The minimum absolute atomic E-state index is 0.0467. The van der Waals surface area contributed by atoms with Crippen molar-refractivity contribution in [1.29, 1.82) is 0 Å². The quantitative estimate of drug-likeness (QED) is 0.0306. The van der Waals surface area contributed by atoms with Crippen LogP contribution in [0, 0.1) is 17.8 Å². The summed E-state index contributed by atoms with van der Waals surface area (Å²) in [4.78, 5) is 22.4. The van der Waals surface area contributed by atoms with Crippen LogP contribution in [0.1, 0.15) is 134 Å². The van der Waals surface area contributed by atoms with Gasteiger partial charge >= 0.3 is 6.09 Å². The zero-order chi connectivity index (χ0) is 49.4. The van der Waals surface area contributed by atoms with Crippen LogP contribution in [0.2, 0.25) is 0 Å². The molecule has 12 nitrogen and oxygen atoms in total. The van der Waals surface area contributed by atoms with Gasteiger partial charge in [0, 0.05) is 37.7 Å². The molecule has 3 aliphatic rings. The van der Waals surface area contributed by atoms with Crippen molar-refractivity contribution >= 4 is 11.8 Å². The Morgan fingerprint density at radius 2 is 1.47 bits per heavy atom. The van der Waals surface area contributed by atoms with Crippen LogP contribution in [-0.2, 0) is 19.0 Å². The molecule has 3 N–H and O–H groups in total. The maximum Gasteiger partial charge on any atom is 0.410 e. The molecule has 2 aliphatic carbocycles. The van der Waals surface area contributed by atoms with Crippen LogP contribution < -0.4 is 9.47 Å². The van der Waals surface area contributed by atoms with Crippen LogP contribution >= 0.6 is 0 Å². The first-order valence-corrected chi connectivity index (χ1v) is 26.6. The van der Waals surface area contributed by atoms with Gasteiger partial charge in [0.2, 0.25) is 5.79 Å². The first kappa shape index (κ1) is 54.6. The summed E-state index contributed by atoms with van der Waals surface area (Å²) in [7, 11) is 0. The van der Waals surface area contributed by atoms with E-state index in [4.69, 9.17) is 33.7 Å². The maximum atomic E-state index is 14.7. The van der Waals surface area contributed by atoms with E-state index in [2.05, 4.69) is 49.9 Å². The minimum atomic E-state index is -1.45. The number of nitrogens with zero attached hydrogens (tertiary/aromatic N) is 2. The fourth-order valence-corrected chi connectivity index (χ4v) is 10.9. The van der Waals surface area contributed by atoms with Gasteiger partial charge in [-0.3, -0.25) is 4.90 Å². The summed E-state index contributed by atoms with van der Waals surface area (Å²) in [5, 5.41) is 34.5. The second-order valence-corrected chi connectivity index (χ2v) is 19.0. The summed E-state index contributed by atoms with van der Waals surface area (Å²) in [6.45, 7) is 9.44. The Hall–Kier alpha value is -4.72. The molecule has 0 spiro atoms. The van der Waals surface area contributed by atoms with Gasteiger partial charge in [0.1, 0.15) is 29.9 Å². The smallest absolute Gasteiger partial charge is 0.410 e. The Balaban J connectivity index is 1.41. The number of hydrogen-bond donors (Lipinski definition) is 3. The Kier molecular flexibility index (Phi) is 23.1. The molecule has 1 fully saturated rings. The maximum absolute atomic E-state index is 14.7. The SMILES string of the molecule is C=CCO[C@@]12Oc3ccc(Oc4ccc(-c5ccccc5)cc4)cc3[C@H]3[C@H](CCCCO)[C@@H](CCCCO)C=C(C(=NOCC)C[C@@H]1N(CCOCCO)C(=O)OCCCCCCCCCCCC)[C@H]32. The predicted molar refractivity (Wildman–Crippen MR) is 276 cm³/mol. The monoisotopic (exact) mass is 967 g/mol. The van der Waals surface area contributed by atoms with Crippen LogP contribution in [-0.4, -0.2) is 103 Å². The lowest BCUT2D eigenvalue weighted by Gasteiger charge is -2.59. The summed E-state index contributed by atoms with van der Waals surface area (Å²) in [5.74, 6) is -0.0401. The number of carbonyl (C=O) groups excluding carboxylic acids is 1. The fourth-order valence-electron chi connectivity index (χ4n) is 10.9. The molecule has 384 valence electrons. The Labute approximate surface area is 418 Å². The Morgan fingerprint density at radius 3 is 2.16 bits per heavy atom. The first-order chi connectivity index (χ1) is 34.4. The number of benzene rings is 3. The lowest BCUT2D eigenvalue weighted by atomic mass is 9.55. The highest BCUT2D eigenvalue weighted by molar-refractivity contribution is 6.03. The van der Waals surface area contributed by atoms with E-state index in [0.717, 1.165) is 67.2 Å². The number of amides is 1. The van der Waals surface area contributed by atoms with Crippen LogP contribution in [0.5, 0.6) is 17.2 Å². The highest BCUT2D eigenvalue weighted by Gasteiger charge is 2.65. The third-order valence-corrected chi connectivity index (χ3v) is 14.2. The van der Waals surface area contributed by atoms with Gasteiger partial charge in [-0.25, -0.2) is 4.79 Å². The topological polar surface area (TPSA) is 149 Å². The molecule has 12 heteroatoms. The number of oxime groups is 1. The second kappa shape index (κ2) is 29.6. The van der Waals surface area contributed by atoms with E-state index in [9.17, 15) is 20.1 Å². The summed E-state index contributed by atoms with van der Waals surface area (Å²) in [6, 6.07) is 23.6. The van der Waals surface area contributed by atoms with Gasteiger partial charge in [-0.05, 0) is 97.9 Å². The molecule has 0 saturated heterocycles. The lowest BCUT2D eigenvalue weighted by Crippen LogP contribution is -2.70. The Morgan fingerprint density at radius 1 is 0.786 bits per heavy atom. The molecule has 3 aromatic carbocycles. The second-order valence-electron chi connectivity index (χ2n) is 19.0. The van der Waals surface area contributed by atoms with Gasteiger partial charge < -0.3 is 43.8 Å². The van der Waals surface area contributed by atoms with Crippen molar-refractivity contribution in [3.05, 3.63) is 103 Å². The third kappa shape index (κ3) is 14.7. The van der Waals surface area contributed by atoms with E-state index < -0.39 is 23.8 Å². The van der Waals surface area contributed by atoms with Crippen LogP contribution in [0.25, 0.3) is 11.1 Å². The molecule has 1 saturated carbocycles. The Bertz CT molecular complexity index is 2060. The molecule has 6 atom stereocenters.